The number of ether oxygens (including phenoxy) is 6. The minimum atomic E-state index is -0.510. The van der Waals surface area contributed by atoms with Gasteiger partial charge in [0.15, 0.2) is 0 Å². The lowest BCUT2D eigenvalue weighted by Gasteiger charge is -2.13. The van der Waals surface area contributed by atoms with Gasteiger partial charge in [-0.05, 0) is 137 Å². The Hall–Kier alpha value is -5.38. The Balaban J connectivity index is 1.44. The van der Waals surface area contributed by atoms with Crippen molar-refractivity contribution in [3.05, 3.63) is 109 Å². The van der Waals surface area contributed by atoms with Gasteiger partial charge in [0.05, 0.1) is 37.6 Å². The van der Waals surface area contributed by atoms with E-state index in [1.165, 1.54) is 0 Å². The zero-order valence-electron chi connectivity index (χ0n) is 30.1. The first-order chi connectivity index (χ1) is 25.3. The van der Waals surface area contributed by atoms with Gasteiger partial charge in [-0.2, -0.15) is 0 Å². The van der Waals surface area contributed by atoms with Gasteiger partial charge in [-0.25, -0.2) is 19.2 Å². The maximum absolute atomic E-state index is 13.0. The number of carbonyl (C=O) groups is 4. The molecule has 0 saturated carbocycles. The number of hydrogen-bond donors (Lipinski definition) is 0. The Kier molecular flexibility index (Phi) is 18.9. The highest BCUT2D eigenvalue weighted by Crippen LogP contribution is 2.28. The molecule has 0 amide bonds. The van der Waals surface area contributed by atoms with Crippen LogP contribution in [-0.2, 0) is 25.5 Å². The van der Waals surface area contributed by atoms with E-state index in [4.69, 9.17) is 28.4 Å². The van der Waals surface area contributed by atoms with Crippen molar-refractivity contribution in [1.29, 1.82) is 0 Å². The van der Waals surface area contributed by atoms with Crippen LogP contribution in [0.15, 0.2) is 92.0 Å². The minimum Gasteiger partial charge on any atom is -0.494 e. The van der Waals surface area contributed by atoms with E-state index in [9.17, 15) is 19.2 Å². The van der Waals surface area contributed by atoms with Crippen LogP contribution in [0.4, 0.5) is 0 Å². The molecule has 0 aliphatic rings. The van der Waals surface area contributed by atoms with Crippen molar-refractivity contribution in [2.75, 3.05) is 26.4 Å². The fourth-order valence-corrected chi connectivity index (χ4v) is 4.94. The lowest BCUT2D eigenvalue weighted by atomic mass is 10.1. The first-order valence-corrected chi connectivity index (χ1v) is 17.9. The fourth-order valence-electron chi connectivity index (χ4n) is 4.94. The fraction of sp³-hybridized carbons (Fsp3) is 0.381. The molecule has 0 N–H and O–H groups in total. The molecule has 0 aromatic heterocycles. The summed E-state index contributed by atoms with van der Waals surface area (Å²) in [6.07, 6.45) is 11.8. The van der Waals surface area contributed by atoms with E-state index in [-0.39, 0.29) is 0 Å². The van der Waals surface area contributed by atoms with Crippen molar-refractivity contribution in [3.8, 4) is 23.0 Å². The van der Waals surface area contributed by atoms with Crippen LogP contribution in [0, 0.1) is 0 Å². The molecule has 0 aliphatic heterocycles. The first-order valence-electron chi connectivity index (χ1n) is 17.9. The predicted octanol–water partition coefficient (Wildman–Crippen LogP) is 8.80. The van der Waals surface area contributed by atoms with Crippen LogP contribution in [0.5, 0.6) is 23.0 Å². The van der Waals surface area contributed by atoms with E-state index in [0.29, 0.717) is 67.0 Å². The van der Waals surface area contributed by atoms with Gasteiger partial charge < -0.3 is 28.4 Å². The molecular weight excluding hydrogens is 664 g/mol. The largest absolute Gasteiger partial charge is 0.494 e. The van der Waals surface area contributed by atoms with Crippen molar-refractivity contribution in [1.82, 2.24) is 0 Å². The summed E-state index contributed by atoms with van der Waals surface area (Å²) in [6, 6.07) is 18.6. The Morgan fingerprint density at radius 2 is 0.981 bits per heavy atom. The molecule has 0 spiro atoms. The highest BCUT2D eigenvalue weighted by atomic mass is 16.5. The smallest absolute Gasteiger partial charge is 0.343 e. The number of unbranched alkanes of at least 4 members (excludes halogenated alkanes) is 7. The highest BCUT2D eigenvalue weighted by molar-refractivity contribution is 5.92. The van der Waals surface area contributed by atoms with Crippen LogP contribution in [0.2, 0.25) is 0 Å². The summed E-state index contributed by atoms with van der Waals surface area (Å²) in [5.74, 6) is 0.256. The minimum absolute atomic E-state index is 0.355. The van der Waals surface area contributed by atoms with Crippen LogP contribution < -0.4 is 18.9 Å². The summed E-state index contributed by atoms with van der Waals surface area (Å²) in [6.45, 7) is 10.7. The maximum atomic E-state index is 13.0. The van der Waals surface area contributed by atoms with Crippen LogP contribution >= 0.6 is 0 Å². The van der Waals surface area contributed by atoms with E-state index in [0.717, 1.165) is 81.9 Å². The van der Waals surface area contributed by atoms with Crippen LogP contribution in [0.1, 0.15) is 97.4 Å². The van der Waals surface area contributed by atoms with E-state index in [2.05, 4.69) is 20.1 Å². The summed E-state index contributed by atoms with van der Waals surface area (Å²) >= 11 is 0. The average Bonchev–Trinajstić information content (AvgIpc) is 3.16. The van der Waals surface area contributed by atoms with E-state index in [1.807, 2.05) is 0 Å². The zero-order valence-corrected chi connectivity index (χ0v) is 30.1. The number of aryl methyl sites for hydroxylation is 1. The molecule has 0 bridgehead atoms. The molecule has 3 aromatic rings. The van der Waals surface area contributed by atoms with Gasteiger partial charge in [0, 0.05) is 12.2 Å². The zero-order chi connectivity index (χ0) is 37.4. The number of benzene rings is 3. The molecule has 0 fully saturated rings. The highest BCUT2D eigenvalue weighted by Gasteiger charge is 2.15. The normalized spacial score (nSPS) is 10.5. The molecule has 3 aromatic carbocycles. The van der Waals surface area contributed by atoms with Crippen LogP contribution in [0.3, 0.4) is 0 Å². The monoisotopic (exact) mass is 714 g/mol. The van der Waals surface area contributed by atoms with Gasteiger partial charge in [-0.15, -0.1) is 0 Å². The third-order valence-corrected chi connectivity index (χ3v) is 7.86. The second kappa shape index (κ2) is 23.9. The van der Waals surface area contributed by atoms with Gasteiger partial charge >= 0.3 is 23.9 Å². The summed E-state index contributed by atoms with van der Waals surface area (Å²) in [5, 5.41) is 0. The van der Waals surface area contributed by atoms with Crippen molar-refractivity contribution in [2.45, 2.75) is 77.6 Å². The summed E-state index contributed by atoms with van der Waals surface area (Å²) in [5.41, 5.74) is 1.53. The van der Waals surface area contributed by atoms with Crippen molar-refractivity contribution >= 4 is 23.9 Å². The lowest BCUT2D eigenvalue weighted by Crippen LogP contribution is -2.11. The van der Waals surface area contributed by atoms with E-state index < -0.39 is 23.9 Å². The summed E-state index contributed by atoms with van der Waals surface area (Å²) in [4.78, 5) is 48.1. The van der Waals surface area contributed by atoms with Crippen molar-refractivity contribution in [2.24, 2.45) is 0 Å². The maximum Gasteiger partial charge on any atom is 0.343 e. The molecule has 0 saturated heterocycles. The first kappa shape index (κ1) is 41.0. The molecule has 0 heterocycles. The van der Waals surface area contributed by atoms with E-state index >= 15 is 0 Å². The topological polar surface area (TPSA) is 124 Å². The molecule has 10 nitrogen and oxygen atoms in total. The van der Waals surface area contributed by atoms with Crippen LogP contribution in [0.25, 0.3) is 0 Å². The number of rotatable bonds is 25. The standard InChI is InChI=1S/C42H50O10/c1-4-7-16-34-31-37(51-41(45)32-17-21-35(22-18-32)47-27-12-8-10-14-29-49-39(43)5-2)25-26-38(34)52-42(46)33-19-23-36(24-20-33)48-28-13-9-11-15-30-50-40(44)6-3/h5-6,17-26,31H,2-4,7-16,27-30H2,1H3. The summed E-state index contributed by atoms with van der Waals surface area (Å²) in [7, 11) is 0. The van der Waals surface area contributed by atoms with Gasteiger partial charge in [-0.3, -0.25) is 0 Å². The lowest BCUT2D eigenvalue weighted by molar-refractivity contribution is -0.138. The van der Waals surface area contributed by atoms with Gasteiger partial charge in [0.1, 0.15) is 23.0 Å². The molecular formula is C42H50O10. The Labute approximate surface area is 306 Å². The molecule has 3 rings (SSSR count). The van der Waals surface area contributed by atoms with E-state index in [1.54, 1.807) is 66.7 Å². The summed E-state index contributed by atoms with van der Waals surface area (Å²) < 4.78 is 33.0. The quantitative estimate of drug-likeness (QED) is 0.0364. The molecule has 0 unspecified atom stereocenters. The van der Waals surface area contributed by atoms with Gasteiger partial charge in [-0.1, -0.05) is 26.5 Å². The molecule has 0 radical (unpaired) electrons. The predicted molar refractivity (Wildman–Crippen MR) is 198 cm³/mol. The van der Waals surface area contributed by atoms with Gasteiger partial charge in [0.25, 0.3) is 0 Å². The molecule has 0 aliphatic carbocycles. The molecule has 278 valence electrons. The molecule has 10 heteroatoms. The Morgan fingerprint density at radius 3 is 1.44 bits per heavy atom. The Morgan fingerprint density at radius 1 is 0.538 bits per heavy atom. The third kappa shape index (κ3) is 15.7. The number of hydrogen-bond acceptors (Lipinski definition) is 10. The molecule has 0 atom stereocenters. The van der Waals surface area contributed by atoms with Crippen LogP contribution in [-0.4, -0.2) is 50.3 Å². The second-order valence-corrected chi connectivity index (χ2v) is 12.0. The van der Waals surface area contributed by atoms with Crippen molar-refractivity contribution < 1.29 is 47.6 Å². The Bertz CT molecular complexity index is 1580. The van der Waals surface area contributed by atoms with Gasteiger partial charge in [0.2, 0.25) is 0 Å². The molecule has 52 heavy (non-hydrogen) atoms. The second-order valence-electron chi connectivity index (χ2n) is 12.0. The average molecular weight is 715 g/mol. The third-order valence-electron chi connectivity index (χ3n) is 7.86. The number of carbonyl (C=O) groups excluding carboxylic acids is 4. The number of esters is 4. The SMILES string of the molecule is C=CC(=O)OCCCCCCOc1ccc(C(=O)Oc2ccc(OC(=O)c3ccc(OCCCCCCOC(=O)C=C)cc3)c(CCCC)c2)cc1. The van der Waals surface area contributed by atoms with Crippen molar-refractivity contribution in [3.63, 3.8) is 0 Å².